The van der Waals surface area contributed by atoms with E-state index in [4.69, 9.17) is 0 Å². The summed E-state index contributed by atoms with van der Waals surface area (Å²) >= 11 is 1.27. The van der Waals surface area contributed by atoms with Crippen LogP contribution in [0.1, 0.15) is 30.6 Å². The zero-order valence-corrected chi connectivity index (χ0v) is 12.4. The van der Waals surface area contributed by atoms with Crippen molar-refractivity contribution in [3.05, 3.63) is 5.01 Å². The van der Waals surface area contributed by atoms with Crippen LogP contribution in [-0.2, 0) is 0 Å². The number of nitrogens with zero attached hydrogens (tertiary/aromatic N) is 3. The summed E-state index contributed by atoms with van der Waals surface area (Å²) in [6.07, 6.45) is 0. The quantitative estimate of drug-likeness (QED) is 0.809. The van der Waals surface area contributed by atoms with Crippen molar-refractivity contribution in [3.63, 3.8) is 0 Å². The number of nitrogens with one attached hydrogen (secondary N) is 2. The Morgan fingerprint density at radius 1 is 1.39 bits per heavy atom. The third kappa shape index (κ3) is 3.92. The Bertz CT molecular complexity index is 402. The number of anilines is 1. The smallest absolute Gasteiger partial charge is 0.282 e. The van der Waals surface area contributed by atoms with E-state index < -0.39 is 0 Å². The highest BCUT2D eigenvalue weighted by Gasteiger charge is 2.22. The molecule has 1 aromatic rings. The molecule has 0 aliphatic rings. The Morgan fingerprint density at radius 3 is 2.61 bits per heavy atom. The molecule has 1 heterocycles. The second kappa shape index (κ2) is 6.10. The maximum atomic E-state index is 11.9. The highest BCUT2D eigenvalue weighted by Crippen LogP contribution is 2.15. The topological polar surface area (TPSA) is 70.1 Å². The first-order chi connectivity index (χ1) is 8.36. The van der Waals surface area contributed by atoms with Gasteiger partial charge in [0.1, 0.15) is 0 Å². The monoisotopic (exact) mass is 271 g/mol. The van der Waals surface area contributed by atoms with Crippen molar-refractivity contribution in [2.75, 3.05) is 32.5 Å². The molecule has 2 N–H and O–H groups in total. The molecule has 1 rings (SSSR count). The molecule has 0 unspecified atom stereocenters. The molecule has 0 bridgehead atoms. The normalized spacial score (nSPS) is 11.7. The molecule has 0 saturated heterocycles. The SMILES string of the molecule is CCNc1nnc(C(=O)NCC(C)(C)N(C)C)s1. The molecular formula is C11H21N5OS. The summed E-state index contributed by atoms with van der Waals surface area (Å²) in [5, 5.41) is 14.7. The summed E-state index contributed by atoms with van der Waals surface area (Å²) in [6, 6.07) is 0. The maximum absolute atomic E-state index is 11.9. The first kappa shape index (κ1) is 14.8. The number of amides is 1. The van der Waals surface area contributed by atoms with Gasteiger partial charge in [-0.25, -0.2) is 0 Å². The van der Waals surface area contributed by atoms with Crippen molar-refractivity contribution in [1.82, 2.24) is 20.4 Å². The number of aromatic nitrogens is 2. The van der Waals surface area contributed by atoms with Gasteiger partial charge in [-0.2, -0.15) is 0 Å². The van der Waals surface area contributed by atoms with E-state index in [0.717, 1.165) is 6.54 Å². The van der Waals surface area contributed by atoms with Crippen molar-refractivity contribution in [2.24, 2.45) is 0 Å². The molecule has 0 aromatic carbocycles. The van der Waals surface area contributed by atoms with Crippen molar-refractivity contribution in [3.8, 4) is 0 Å². The van der Waals surface area contributed by atoms with Gasteiger partial charge >= 0.3 is 0 Å². The van der Waals surface area contributed by atoms with E-state index in [1.165, 1.54) is 11.3 Å². The predicted octanol–water partition coefficient (Wildman–Crippen LogP) is 1.04. The zero-order chi connectivity index (χ0) is 13.8. The molecular weight excluding hydrogens is 250 g/mol. The van der Waals surface area contributed by atoms with Gasteiger partial charge in [0.2, 0.25) is 10.1 Å². The van der Waals surface area contributed by atoms with E-state index in [0.29, 0.717) is 16.7 Å². The number of carbonyl (C=O) groups excluding carboxylic acids is 1. The molecule has 7 heteroatoms. The lowest BCUT2D eigenvalue weighted by Crippen LogP contribution is -2.48. The average molecular weight is 271 g/mol. The number of hydrogen-bond donors (Lipinski definition) is 2. The lowest BCUT2D eigenvalue weighted by atomic mass is 10.0. The van der Waals surface area contributed by atoms with Crippen LogP contribution in [0, 0.1) is 0 Å². The zero-order valence-electron chi connectivity index (χ0n) is 11.6. The molecule has 6 nitrogen and oxygen atoms in total. The Hall–Kier alpha value is -1.21. The summed E-state index contributed by atoms with van der Waals surface area (Å²) in [6.45, 7) is 7.44. The van der Waals surface area contributed by atoms with E-state index in [-0.39, 0.29) is 11.4 Å². The molecule has 18 heavy (non-hydrogen) atoms. The number of hydrogen-bond acceptors (Lipinski definition) is 6. The minimum atomic E-state index is -0.174. The Balaban J connectivity index is 2.55. The van der Waals surface area contributed by atoms with Crippen LogP contribution < -0.4 is 10.6 Å². The van der Waals surface area contributed by atoms with Gasteiger partial charge in [0.15, 0.2) is 0 Å². The van der Waals surface area contributed by atoms with Crippen LogP contribution in [0.2, 0.25) is 0 Å². The van der Waals surface area contributed by atoms with Crippen LogP contribution in [-0.4, -0.2) is 53.7 Å². The summed E-state index contributed by atoms with van der Waals surface area (Å²) in [7, 11) is 3.97. The number of rotatable bonds is 6. The number of likely N-dealkylation sites (N-methyl/N-ethyl adjacent to an activating group) is 1. The Morgan fingerprint density at radius 2 is 2.06 bits per heavy atom. The minimum absolute atomic E-state index is 0.0924. The highest BCUT2D eigenvalue weighted by molar-refractivity contribution is 7.17. The van der Waals surface area contributed by atoms with Gasteiger partial charge in [-0.1, -0.05) is 11.3 Å². The summed E-state index contributed by atoms with van der Waals surface area (Å²) in [4.78, 5) is 13.9. The third-order valence-electron chi connectivity index (χ3n) is 2.84. The fraction of sp³-hybridized carbons (Fsp3) is 0.727. The first-order valence-corrected chi connectivity index (χ1v) is 6.71. The predicted molar refractivity (Wildman–Crippen MR) is 74.2 cm³/mol. The van der Waals surface area contributed by atoms with Crippen LogP contribution in [0.3, 0.4) is 0 Å². The highest BCUT2D eigenvalue weighted by atomic mass is 32.1. The molecule has 0 saturated carbocycles. The maximum Gasteiger partial charge on any atom is 0.282 e. The lowest BCUT2D eigenvalue weighted by Gasteiger charge is -2.32. The van der Waals surface area contributed by atoms with E-state index in [2.05, 4.69) is 39.6 Å². The molecule has 0 aliphatic heterocycles. The van der Waals surface area contributed by atoms with Gasteiger partial charge in [0.05, 0.1) is 0 Å². The Labute approximate surface area is 112 Å². The van der Waals surface area contributed by atoms with Gasteiger partial charge in [-0.3, -0.25) is 4.79 Å². The van der Waals surface area contributed by atoms with Crippen molar-refractivity contribution in [2.45, 2.75) is 26.3 Å². The average Bonchev–Trinajstić information content (AvgIpc) is 2.75. The third-order valence-corrected chi connectivity index (χ3v) is 3.72. The minimum Gasteiger partial charge on any atom is -0.360 e. The van der Waals surface area contributed by atoms with Crippen molar-refractivity contribution >= 4 is 22.4 Å². The molecule has 0 fully saturated rings. The lowest BCUT2D eigenvalue weighted by molar-refractivity contribution is 0.0918. The summed E-state index contributed by atoms with van der Waals surface area (Å²) in [5.41, 5.74) is -0.0924. The van der Waals surface area contributed by atoms with Crippen LogP contribution >= 0.6 is 11.3 Å². The molecule has 0 spiro atoms. The van der Waals surface area contributed by atoms with E-state index >= 15 is 0 Å². The number of carbonyl (C=O) groups is 1. The molecule has 0 atom stereocenters. The van der Waals surface area contributed by atoms with Crippen LogP contribution in [0.15, 0.2) is 0 Å². The van der Waals surface area contributed by atoms with E-state index in [1.807, 2.05) is 21.0 Å². The second-order valence-electron chi connectivity index (χ2n) is 4.83. The fourth-order valence-corrected chi connectivity index (χ4v) is 1.80. The standard InChI is InChI=1S/C11H21N5OS/c1-6-12-10-15-14-9(18-10)8(17)13-7-11(2,3)16(4)5/h6-7H2,1-5H3,(H,12,15)(H,13,17). The molecule has 0 radical (unpaired) electrons. The van der Waals surface area contributed by atoms with Gasteiger partial charge in [0.25, 0.3) is 5.91 Å². The van der Waals surface area contributed by atoms with Gasteiger partial charge in [0, 0.05) is 18.6 Å². The molecule has 102 valence electrons. The fourth-order valence-electron chi connectivity index (χ4n) is 1.07. The van der Waals surface area contributed by atoms with Gasteiger partial charge in [-0.05, 0) is 34.9 Å². The largest absolute Gasteiger partial charge is 0.360 e. The van der Waals surface area contributed by atoms with Crippen molar-refractivity contribution in [1.29, 1.82) is 0 Å². The molecule has 0 aliphatic carbocycles. The molecule has 1 amide bonds. The van der Waals surface area contributed by atoms with Gasteiger partial charge in [-0.15, -0.1) is 10.2 Å². The van der Waals surface area contributed by atoms with E-state index in [1.54, 1.807) is 0 Å². The van der Waals surface area contributed by atoms with Crippen LogP contribution in [0.4, 0.5) is 5.13 Å². The second-order valence-corrected chi connectivity index (χ2v) is 5.81. The van der Waals surface area contributed by atoms with Crippen LogP contribution in [0.25, 0.3) is 0 Å². The Kier molecular flexibility index (Phi) is 5.03. The summed E-state index contributed by atoms with van der Waals surface area (Å²) < 4.78 is 0. The summed E-state index contributed by atoms with van der Waals surface area (Å²) in [5.74, 6) is -0.174. The van der Waals surface area contributed by atoms with E-state index in [9.17, 15) is 4.79 Å². The first-order valence-electron chi connectivity index (χ1n) is 5.90. The van der Waals surface area contributed by atoms with Gasteiger partial charge < -0.3 is 15.5 Å². The van der Waals surface area contributed by atoms with Crippen molar-refractivity contribution < 1.29 is 4.79 Å². The molecule has 1 aromatic heterocycles. The van der Waals surface area contributed by atoms with Crippen LogP contribution in [0.5, 0.6) is 0 Å².